The molecule has 2 aliphatic heterocycles. The van der Waals surface area contributed by atoms with E-state index in [-0.39, 0.29) is 17.3 Å². The van der Waals surface area contributed by atoms with Crippen LogP contribution in [0.25, 0.3) is 0 Å². The molecular formula is C18H22ClN3O5. The van der Waals surface area contributed by atoms with E-state index in [0.29, 0.717) is 5.88 Å². The van der Waals surface area contributed by atoms with Crippen molar-refractivity contribution in [2.24, 2.45) is 4.99 Å². The summed E-state index contributed by atoms with van der Waals surface area (Å²) in [5, 5.41) is 1.68. The molecule has 8 nitrogen and oxygen atoms in total. The van der Waals surface area contributed by atoms with E-state index in [1.54, 1.807) is 35.4 Å². The van der Waals surface area contributed by atoms with Gasteiger partial charge in [-0.05, 0) is 25.0 Å². The van der Waals surface area contributed by atoms with Gasteiger partial charge in [-0.1, -0.05) is 18.6 Å². The van der Waals surface area contributed by atoms with Crippen molar-refractivity contribution in [2.75, 3.05) is 27.3 Å². The van der Waals surface area contributed by atoms with Crippen molar-refractivity contribution in [1.29, 1.82) is 0 Å². The summed E-state index contributed by atoms with van der Waals surface area (Å²) in [4.78, 5) is 22.3. The van der Waals surface area contributed by atoms with Crippen molar-refractivity contribution < 1.29 is 23.8 Å². The van der Waals surface area contributed by atoms with Crippen molar-refractivity contribution in [2.45, 2.75) is 25.5 Å². The quantitative estimate of drug-likeness (QED) is 0.709. The first-order valence-corrected chi connectivity index (χ1v) is 9.02. The summed E-state index contributed by atoms with van der Waals surface area (Å²) in [6.07, 6.45) is 4.13. The van der Waals surface area contributed by atoms with Crippen LogP contribution in [0.3, 0.4) is 0 Å². The molecule has 1 aromatic carbocycles. The van der Waals surface area contributed by atoms with Crippen molar-refractivity contribution in [3.63, 3.8) is 0 Å². The largest absolute Gasteiger partial charge is 0.481 e. The lowest BCUT2D eigenvalue weighted by Gasteiger charge is -2.28. The monoisotopic (exact) mass is 395 g/mol. The van der Waals surface area contributed by atoms with E-state index in [2.05, 4.69) is 4.99 Å². The highest BCUT2D eigenvalue weighted by atomic mass is 35.5. The van der Waals surface area contributed by atoms with Gasteiger partial charge in [0.15, 0.2) is 6.23 Å². The molecule has 0 spiro atoms. The predicted octanol–water partition coefficient (Wildman–Crippen LogP) is 2.91. The lowest BCUT2D eigenvalue weighted by atomic mass is 10.2. The van der Waals surface area contributed by atoms with Gasteiger partial charge in [0.2, 0.25) is 5.88 Å². The number of carbonyl (C=O) groups is 1. The van der Waals surface area contributed by atoms with Crippen LogP contribution < -0.4 is 4.74 Å². The van der Waals surface area contributed by atoms with Gasteiger partial charge in [-0.25, -0.2) is 9.21 Å². The van der Waals surface area contributed by atoms with Crippen molar-refractivity contribution in [3.8, 4) is 5.75 Å². The van der Waals surface area contributed by atoms with Gasteiger partial charge >= 0.3 is 12.0 Å². The summed E-state index contributed by atoms with van der Waals surface area (Å²) in [5.41, 5.74) is 0.276. The average molecular weight is 396 g/mol. The zero-order valence-electron chi connectivity index (χ0n) is 15.3. The number of benzene rings is 1. The highest BCUT2D eigenvalue weighted by molar-refractivity contribution is 6.21. The minimum atomic E-state index is -0.624. The Labute approximate surface area is 163 Å². The molecule has 2 heterocycles. The lowest BCUT2D eigenvalue weighted by Crippen LogP contribution is -2.39. The Morgan fingerprint density at radius 2 is 1.93 bits per heavy atom. The van der Waals surface area contributed by atoms with Crippen molar-refractivity contribution in [1.82, 2.24) is 9.48 Å². The first-order chi connectivity index (χ1) is 13.1. The minimum Gasteiger partial charge on any atom is -0.481 e. The topological polar surface area (TPSA) is 72.8 Å². The summed E-state index contributed by atoms with van der Waals surface area (Å²) in [5.74, 6) is 0.0778. The predicted molar refractivity (Wildman–Crippen MR) is 98.9 cm³/mol. The molecule has 0 aromatic heterocycles. The van der Waals surface area contributed by atoms with Gasteiger partial charge in [0.05, 0.1) is 7.11 Å². The van der Waals surface area contributed by atoms with Crippen LogP contribution in [0.15, 0.2) is 41.2 Å². The number of aliphatic imine (C=N–C) groups is 1. The highest BCUT2D eigenvalue weighted by Gasteiger charge is 2.28. The highest BCUT2D eigenvalue weighted by Crippen LogP contribution is 2.25. The molecule has 2 aliphatic rings. The fourth-order valence-corrected chi connectivity index (χ4v) is 2.97. The summed E-state index contributed by atoms with van der Waals surface area (Å²) in [7, 11) is 2.98. The third-order valence-corrected chi connectivity index (χ3v) is 4.52. The molecule has 1 fully saturated rings. The van der Waals surface area contributed by atoms with Crippen LogP contribution in [0, 0.1) is 0 Å². The van der Waals surface area contributed by atoms with Gasteiger partial charge < -0.3 is 19.0 Å². The number of amidine groups is 1. The Morgan fingerprint density at radius 1 is 1.19 bits per heavy atom. The Hall–Kier alpha value is -2.29. The van der Waals surface area contributed by atoms with E-state index in [1.807, 2.05) is 0 Å². The van der Waals surface area contributed by atoms with Crippen LogP contribution in [0.2, 0.25) is 0 Å². The summed E-state index contributed by atoms with van der Waals surface area (Å²) in [6.45, 7) is 1.46. The molecule has 1 unspecified atom stereocenters. The molecule has 1 atom stereocenters. The standard InChI is InChI=1S/C18H22ClN3O5/c1-24-15-12-16(25-2)22(19)18(20-15)26-14-9-5-4-8-13(14)17(23)27-21-10-6-3-7-11-21/h4-5,8-9,12,16H,3,6-7,10-11H2,1-2H3. The van der Waals surface area contributed by atoms with E-state index in [0.717, 1.165) is 32.4 Å². The molecule has 0 bridgehead atoms. The maximum atomic E-state index is 12.6. The van der Waals surface area contributed by atoms with Crippen LogP contribution in [-0.2, 0) is 14.3 Å². The van der Waals surface area contributed by atoms with Crippen LogP contribution in [0.5, 0.6) is 5.75 Å². The second-order valence-electron chi connectivity index (χ2n) is 6.01. The zero-order chi connectivity index (χ0) is 19.2. The molecule has 0 radical (unpaired) electrons. The number of hydrogen-bond acceptors (Lipinski definition) is 8. The molecule has 3 rings (SSSR count). The number of halogens is 1. The molecule has 1 saturated heterocycles. The number of hydrogen-bond donors (Lipinski definition) is 0. The number of ether oxygens (including phenoxy) is 3. The number of carbonyl (C=O) groups excluding carboxylic acids is 1. The summed E-state index contributed by atoms with van der Waals surface area (Å²) >= 11 is 6.24. The molecule has 0 saturated carbocycles. The lowest BCUT2D eigenvalue weighted by molar-refractivity contribution is -0.119. The smallest absolute Gasteiger partial charge is 0.360 e. The number of nitrogens with zero attached hydrogens (tertiary/aromatic N) is 3. The Balaban J connectivity index is 1.78. The van der Waals surface area contributed by atoms with Gasteiger partial charge in [0, 0.05) is 38.1 Å². The van der Waals surface area contributed by atoms with Crippen LogP contribution >= 0.6 is 11.8 Å². The van der Waals surface area contributed by atoms with Gasteiger partial charge in [-0.3, -0.25) is 0 Å². The van der Waals surface area contributed by atoms with Crippen LogP contribution in [-0.4, -0.2) is 55.0 Å². The van der Waals surface area contributed by atoms with Crippen molar-refractivity contribution >= 4 is 23.8 Å². The fourth-order valence-electron chi connectivity index (χ4n) is 2.76. The maximum absolute atomic E-state index is 12.6. The molecule has 1 aromatic rings. The molecule has 0 N–H and O–H groups in total. The number of piperidine rings is 1. The van der Waals surface area contributed by atoms with E-state index in [1.165, 1.54) is 18.6 Å². The normalized spacial score (nSPS) is 20.6. The van der Waals surface area contributed by atoms with Gasteiger partial charge in [-0.15, -0.1) is 5.06 Å². The number of hydroxylamine groups is 2. The first-order valence-electron chi connectivity index (χ1n) is 8.69. The Bertz CT molecular complexity index is 733. The number of rotatable bonds is 5. The number of para-hydroxylation sites is 1. The van der Waals surface area contributed by atoms with E-state index < -0.39 is 12.2 Å². The van der Waals surface area contributed by atoms with E-state index in [9.17, 15) is 4.79 Å². The Morgan fingerprint density at radius 3 is 2.63 bits per heavy atom. The SMILES string of the molecule is COC1=CC(OC)N(Cl)C(Oc2ccccc2C(=O)ON2CCCCC2)=N1. The van der Waals surface area contributed by atoms with Gasteiger partial charge in [-0.2, -0.15) is 4.99 Å². The third-order valence-electron chi connectivity index (χ3n) is 4.18. The third kappa shape index (κ3) is 4.71. The number of methoxy groups -OCH3 is 2. The molecule has 0 amide bonds. The second kappa shape index (κ2) is 9.07. The molecule has 27 heavy (non-hydrogen) atoms. The van der Waals surface area contributed by atoms with E-state index >= 15 is 0 Å². The van der Waals surface area contributed by atoms with Gasteiger partial charge in [0.1, 0.15) is 11.3 Å². The Kier molecular flexibility index (Phi) is 6.54. The molecule has 146 valence electrons. The average Bonchev–Trinajstić information content (AvgIpc) is 2.70. The van der Waals surface area contributed by atoms with Crippen molar-refractivity contribution in [3.05, 3.63) is 41.8 Å². The molecule has 9 heteroatoms. The fraction of sp³-hybridized carbons (Fsp3) is 0.444. The van der Waals surface area contributed by atoms with Crippen LogP contribution in [0.4, 0.5) is 0 Å². The van der Waals surface area contributed by atoms with Gasteiger partial charge in [0.25, 0.3) is 0 Å². The zero-order valence-corrected chi connectivity index (χ0v) is 16.0. The molecule has 0 aliphatic carbocycles. The summed E-state index contributed by atoms with van der Waals surface area (Å²) in [6, 6.07) is 6.78. The summed E-state index contributed by atoms with van der Waals surface area (Å²) < 4.78 is 17.4. The second-order valence-corrected chi connectivity index (χ2v) is 6.37. The van der Waals surface area contributed by atoms with E-state index in [4.69, 9.17) is 30.8 Å². The minimum absolute atomic E-state index is 0.0288. The van der Waals surface area contributed by atoms with Crippen LogP contribution in [0.1, 0.15) is 29.6 Å². The molecular weight excluding hydrogens is 374 g/mol. The first kappa shape index (κ1) is 19.5. The maximum Gasteiger partial charge on any atom is 0.360 e.